The molecule has 0 bridgehead atoms. The molecule has 0 radical (unpaired) electrons. The third-order valence-corrected chi connectivity index (χ3v) is 4.06. The van der Waals surface area contributed by atoms with Crippen molar-refractivity contribution in [3.63, 3.8) is 0 Å². The summed E-state index contributed by atoms with van der Waals surface area (Å²) in [6.07, 6.45) is 2.01. The van der Waals surface area contributed by atoms with E-state index in [4.69, 9.17) is 17.3 Å². The normalized spacial score (nSPS) is 11.1. The topological polar surface area (TPSA) is 43.8 Å². The molecule has 2 N–H and O–H groups in total. The van der Waals surface area contributed by atoms with Gasteiger partial charge in [-0.2, -0.15) is 5.10 Å². The van der Waals surface area contributed by atoms with Gasteiger partial charge in [0.05, 0.1) is 10.7 Å². The lowest BCUT2D eigenvalue weighted by molar-refractivity contribution is 0.529. The molecular formula is C13H16ClN3S. The van der Waals surface area contributed by atoms with Crippen molar-refractivity contribution in [3.05, 3.63) is 41.2 Å². The van der Waals surface area contributed by atoms with Crippen molar-refractivity contribution in [1.82, 2.24) is 9.78 Å². The lowest BCUT2D eigenvalue weighted by Crippen LogP contribution is -2.01. The molecule has 3 nitrogen and oxygen atoms in total. The van der Waals surface area contributed by atoms with Crippen LogP contribution in [0, 0.1) is 0 Å². The Labute approximate surface area is 116 Å². The molecular weight excluding hydrogens is 266 g/mol. The van der Waals surface area contributed by atoms with Crippen LogP contribution in [0.25, 0.3) is 0 Å². The van der Waals surface area contributed by atoms with E-state index in [1.54, 1.807) is 17.8 Å². The van der Waals surface area contributed by atoms with Crippen LogP contribution in [0.1, 0.15) is 25.6 Å². The molecule has 0 spiro atoms. The zero-order valence-electron chi connectivity index (χ0n) is 10.4. The van der Waals surface area contributed by atoms with E-state index in [0.29, 0.717) is 16.8 Å². The summed E-state index contributed by atoms with van der Waals surface area (Å²) >= 11 is 7.80. The summed E-state index contributed by atoms with van der Waals surface area (Å²) in [5.41, 5.74) is 7.41. The van der Waals surface area contributed by atoms with Crippen LogP contribution in [-0.2, 0) is 5.75 Å². The number of rotatable bonds is 4. The minimum atomic E-state index is 0.392. The maximum absolute atomic E-state index is 6.12. The van der Waals surface area contributed by atoms with Gasteiger partial charge in [0, 0.05) is 28.6 Å². The number of nitrogens with two attached hydrogens (primary N) is 1. The van der Waals surface area contributed by atoms with Crippen molar-refractivity contribution < 1.29 is 0 Å². The van der Waals surface area contributed by atoms with Gasteiger partial charge in [-0.05, 0) is 38.1 Å². The van der Waals surface area contributed by atoms with Crippen molar-refractivity contribution >= 4 is 29.1 Å². The van der Waals surface area contributed by atoms with Crippen molar-refractivity contribution in [2.75, 3.05) is 5.73 Å². The number of thioether (sulfide) groups is 1. The van der Waals surface area contributed by atoms with Gasteiger partial charge in [-0.3, -0.25) is 4.68 Å². The second-order valence-corrected chi connectivity index (χ2v) is 5.78. The van der Waals surface area contributed by atoms with Gasteiger partial charge in [-0.15, -0.1) is 11.8 Å². The molecule has 2 rings (SSSR count). The number of nitrogens with zero attached hydrogens (tertiary/aromatic N) is 2. The molecule has 0 atom stereocenters. The van der Waals surface area contributed by atoms with E-state index in [1.165, 1.54) is 0 Å². The SMILES string of the molecule is CC(C)n1ccc(CSc2ccc(N)cc2Cl)n1. The van der Waals surface area contributed by atoms with Crippen LogP contribution < -0.4 is 5.73 Å². The minimum Gasteiger partial charge on any atom is -0.399 e. The number of benzene rings is 1. The Bertz CT molecular complexity index is 537. The van der Waals surface area contributed by atoms with Crippen molar-refractivity contribution in [3.8, 4) is 0 Å². The Balaban J connectivity index is 2.02. The summed E-state index contributed by atoms with van der Waals surface area (Å²) in [5, 5.41) is 5.20. The highest BCUT2D eigenvalue weighted by atomic mass is 35.5. The van der Waals surface area contributed by atoms with E-state index in [0.717, 1.165) is 16.3 Å². The zero-order chi connectivity index (χ0) is 13.1. The molecule has 1 heterocycles. The van der Waals surface area contributed by atoms with E-state index in [1.807, 2.05) is 29.1 Å². The number of hydrogen-bond donors (Lipinski definition) is 1. The standard InChI is InChI=1S/C13H16ClN3S/c1-9(2)17-6-5-11(16-17)8-18-13-4-3-10(15)7-12(13)14/h3-7,9H,8,15H2,1-2H3. The molecule has 0 aliphatic carbocycles. The Morgan fingerprint density at radius 3 is 2.78 bits per heavy atom. The highest BCUT2D eigenvalue weighted by Crippen LogP contribution is 2.30. The van der Waals surface area contributed by atoms with Crippen molar-refractivity contribution in [1.29, 1.82) is 0 Å². The summed E-state index contributed by atoms with van der Waals surface area (Å²) in [6, 6.07) is 8.02. The minimum absolute atomic E-state index is 0.392. The fraction of sp³-hybridized carbons (Fsp3) is 0.308. The molecule has 18 heavy (non-hydrogen) atoms. The molecule has 2 aromatic rings. The number of aromatic nitrogens is 2. The number of halogens is 1. The van der Waals surface area contributed by atoms with E-state index in [-0.39, 0.29) is 0 Å². The summed E-state index contributed by atoms with van der Waals surface area (Å²) in [6.45, 7) is 4.22. The Morgan fingerprint density at radius 2 is 2.17 bits per heavy atom. The Hall–Kier alpha value is -1.13. The smallest absolute Gasteiger partial charge is 0.0727 e. The van der Waals surface area contributed by atoms with Gasteiger partial charge in [-0.25, -0.2) is 0 Å². The molecule has 0 saturated heterocycles. The van der Waals surface area contributed by atoms with E-state index >= 15 is 0 Å². The van der Waals surface area contributed by atoms with Gasteiger partial charge in [0.2, 0.25) is 0 Å². The van der Waals surface area contributed by atoms with E-state index in [9.17, 15) is 0 Å². The van der Waals surface area contributed by atoms with Crippen LogP contribution in [0.3, 0.4) is 0 Å². The fourth-order valence-electron chi connectivity index (χ4n) is 1.53. The third kappa shape index (κ3) is 3.21. The van der Waals surface area contributed by atoms with Gasteiger partial charge >= 0.3 is 0 Å². The van der Waals surface area contributed by atoms with Crippen molar-refractivity contribution in [2.24, 2.45) is 0 Å². The number of nitrogen functional groups attached to an aromatic ring is 1. The van der Waals surface area contributed by atoms with E-state index in [2.05, 4.69) is 18.9 Å². The van der Waals surface area contributed by atoms with Gasteiger partial charge in [0.15, 0.2) is 0 Å². The molecule has 1 aromatic heterocycles. The number of anilines is 1. The highest BCUT2D eigenvalue weighted by molar-refractivity contribution is 7.98. The molecule has 0 amide bonds. The summed E-state index contributed by atoms with van der Waals surface area (Å²) in [4.78, 5) is 1.03. The van der Waals surface area contributed by atoms with Gasteiger partial charge in [0.25, 0.3) is 0 Å². The lowest BCUT2D eigenvalue weighted by atomic mass is 10.3. The summed E-state index contributed by atoms with van der Waals surface area (Å²) < 4.78 is 1.96. The predicted molar refractivity (Wildman–Crippen MR) is 78.0 cm³/mol. The first-order valence-corrected chi connectivity index (χ1v) is 7.14. The van der Waals surface area contributed by atoms with Crippen LogP contribution in [-0.4, -0.2) is 9.78 Å². The van der Waals surface area contributed by atoms with Gasteiger partial charge < -0.3 is 5.73 Å². The molecule has 0 aliphatic rings. The Kier molecular flexibility index (Phi) is 4.19. The van der Waals surface area contributed by atoms with Crippen LogP contribution in [0.5, 0.6) is 0 Å². The average Bonchev–Trinajstić information content (AvgIpc) is 2.76. The molecule has 0 unspecified atom stereocenters. The van der Waals surface area contributed by atoms with Gasteiger partial charge in [-0.1, -0.05) is 11.6 Å². The average molecular weight is 282 g/mol. The largest absolute Gasteiger partial charge is 0.399 e. The number of hydrogen-bond acceptors (Lipinski definition) is 3. The quantitative estimate of drug-likeness (QED) is 0.681. The van der Waals surface area contributed by atoms with Crippen LogP contribution in [0.2, 0.25) is 5.02 Å². The first kappa shape index (κ1) is 13.3. The monoisotopic (exact) mass is 281 g/mol. The zero-order valence-corrected chi connectivity index (χ0v) is 12.0. The van der Waals surface area contributed by atoms with E-state index < -0.39 is 0 Å². The molecule has 96 valence electrons. The van der Waals surface area contributed by atoms with Crippen LogP contribution in [0.15, 0.2) is 35.4 Å². The first-order valence-electron chi connectivity index (χ1n) is 5.78. The predicted octanol–water partition coefficient (Wildman–Crippen LogP) is 3.99. The highest BCUT2D eigenvalue weighted by Gasteiger charge is 2.05. The summed E-state index contributed by atoms with van der Waals surface area (Å²) in [7, 11) is 0. The lowest BCUT2D eigenvalue weighted by Gasteiger charge is -2.05. The molecule has 5 heteroatoms. The Morgan fingerprint density at radius 1 is 1.39 bits per heavy atom. The molecule has 0 fully saturated rings. The van der Waals surface area contributed by atoms with Gasteiger partial charge in [0.1, 0.15) is 0 Å². The maximum Gasteiger partial charge on any atom is 0.0727 e. The summed E-state index contributed by atoms with van der Waals surface area (Å²) in [5.74, 6) is 0.809. The molecule has 0 saturated carbocycles. The van der Waals surface area contributed by atoms with Crippen LogP contribution in [0.4, 0.5) is 5.69 Å². The fourth-order valence-corrected chi connectivity index (χ4v) is 2.70. The molecule has 1 aromatic carbocycles. The van der Waals surface area contributed by atoms with Crippen LogP contribution >= 0.6 is 23.4 Å². The maximum atomic E-state index is 6.12. The second-order valence-electron chi connectivity index (χ2n) is 4.36. The second kappa shape index (κ2) is 5.67. The molecule has 0 aliphatic heterocycles. The van der Waals surface area contributed by atoms with Crippen molar-refractivity contribution in [2.45, 2.75) is 30.5 Å². The third-order valence-electron chi connectivity index (χ3n) is 2.52. The first-order chi connectivity index (χ1) is 8.56.